The van der Waals surface area contributed by atoms with Gasteiger partial charge in [0.05, 0.1) is 12.0 Å². The molecule has 0 amide bonds. The van der Waals surface area contributed by atoms with Gasteiger partial charge in [-0.05, 0) is 73.6 Å². The molecule has 6 nitrogen and oxygen atoms in total. The van der Waals surface area contributed by atoms with Crippen molar-refractivity contribution in [2.45, 2.75) is 32.6 Å². The minimum absolute atomic E-state index is 0.258. The molecule has 0 unspecified atom stereocenters. The van der Waals surface area contributed by atoms with Crippen LogP contribution >= 0.6 is 12.2 Å². The van der Waals surface area contributed by atoms with E-state index in [1.54, 1.807) is 19.2 Å². The van der Waals surface area contributed by atoms with E-state index in [1.807, 2.05) is 52.0 Å². The summed E-state index contributed by atoms with van der Waals surface area (Å²) in [6.45, 7) is 8.32. The minimum Gasteiger partial charge on any atom is -0.497 e. The van der Waals surface area contributed by atoms with E-state index in [2.05, 4.69) is 10.6 Å². The predicted molar refractivity (Wildman–Crippen MR) is 119 cm³/mol. The molecule has 152 valence electrons. The summed E-state index contributed by atoms with van der Waals surface area (Å²) in [6, 6.07) is 10.7. The quantitative estimate of drug-likeness (QED) is 0.655. The fraction of sp³-hybridized carbons (Fsp3) is 0.350. The number of anilines is 2. The van der Waals surface area contributed by atoms with E-state index >= 15 is 0 Å². The van der Waals surface area contributed by atoms with Crippen molar-refractivity contribution in [3.8, 4) is 5.75 Å². The van der Waals surface area contributed by atoms with E-state index in [0.717, 1.165) is 22.6 Å². The molecular weight excluding hydrogens is 394 g/mol. The van der Waals surface area contributed by atoms with Crippen LogP contribution in [0.15, 0.2) is 41.3 Å². The SMILES string of the molecule is CCN(CC)S(=O)(=O)c1cc(C)c(C)c(NC(=S)Nc2ccc(OC)cc2)c1. The first kappa shape index (κ1) is 22.1. The van der Waals surface area contributed by atoms with E-state index in [4.69, 9.17) is 17.0 Å². The molecule has 0 aromatic heterocycles. The number of benzene rings is 2. The molecule has 2 N–H and O–H groups in total. The molecule has 0 heterocycles. The van der Waals surface area contributed by atoms with Gasteiger partial charge in [0.25, 0.3) is 0 Å². The number of methoxy groups -OCH3 is 1. The van der Waals surface area contributed by atoms with E-state index in [9.17, 15) is 8.42 Å². The highest BCUT2D eigenvalue weighted by molar-refractivity contribution is 7.89. The summed E-state index contributed by atoms with van der Waals surface area (Å²) < 4.78 is 32.4. The molecule has 28 heavy (non-hydrogen) atoms. The highest BCUT2D eigenvalue weighted by Crippen LogP contribution is 2.26. The van der Waals surface area contributed by atoms with Crippen molar-refractivity contribution in [1.29, 1.82) is 0 Å². The summed E-state index contributed by atoms with van der Waals surface area (Å²) in [5.74, 6) is 0.755. The Bertz CT molecular complexity index is 938. The lowest BCUT2D eigenvalue weighted by Gasteiger charge is -2.21. The third-order valence-electron chi connectivity index (χ3n) is 4.58. The Morgan fingerprint density at radius 3 is 2.21 bits per heavy atom. The predicted octanol–water partition coefficient (Wildman–Crippen LogP) is 4.15. The van der Waals surface area contributed by atoms with Gasteiger partial charge in [0.1, 0.15) is 5.75 Å². The number of hydrogen-bond donors (Lipinski definition) is 2. The minimum atomic E-state index is -3.55. The maximum Gasteiger partial charge on any atom is 0.243 e. The number of rotatable bonds is 7. The zero-order chi connectivity index (χ0) is 20.9. The van der Waals surface area contributed by atoms with Crippen molar-refractivity contribution in [2.75, 3.05) is 30.8 Å². The number of ether oxygens (including phenoxy) is 1. The van der Waals surface area contributed by atoms with Crippen LogP contribution in [0.2, 0.25) is 0 Å². The molecule has 0 atom stereocenters. The summed E-state index contributed by atoms with van der Waals surface area (Å²) in [4.78, 5) is 0.258. The number of hydrogen-bond acceptors (Lipinski definition) is 4. The smallest absolute Gasteiger partial charge is 0.243 e. The summed E-state index contributed by atoms with van der Waals surface area (Å²) in [6.07, 6.45) is 0. The Morgan fingerprint density at radius 2 is 1.68 bits per heavy atom. The molecule has 0 bridgehead atoms. The van der Waals surface area contributed by atoms with Gasteiger partial charge in [-0.3, -0.25) is 0 Å². The van der Waals surface area contributed by atoms with Crippen LogP contribution < -0.4 is 15.4 Å². The molecule has 2 rings (SSSR count). The van der Waals surface area contributed by atoms with Gasteiger partial charge in [-0.25, -0.2) is 8.42 Å². The van der Waals surface area contributed by atoms with E-state index in [1.165, 1.54) is 4.31 Å². The highest BCUT2D eigenvalue weighted by atomic mass is 32.2. The van der Waals surface area contributed by atoms with Crippen LogP contribution in [0, 0.1) is 13.8 Å². The second-order valence-corrected chi connectivity index (χ2v) is 8.66. The van der Waals surface area contributed by atoms with Crippen LogP contribution in [0.25, 0.3) is 0 Å². The maximum atomic E-state index is 12.9. The number of nitrogens with one attached hydrogen (secondary N) is 2. The Hall–Kier alpha value is -2.16. The first-order valence-electron chi connectivity index (χ1n) is 9.06. The average molecular weight is 422 g/mol. The number of nitrogens with zero attached hydrogens (tertiary/aromatic N) is 1. The van der Waals surface area contributed by atoms with Crippen LogP contribution in [0.4, 0.5) is 11.4 Å². The van der Waals surface area contributed by atoms with E-state index in [-0.39, 0.29) is 4.90 Å². The van der Waals surface area contributed by atoms with Gasteiger partial charge in [0.2, 0.25) is 10.0 Å². The molecule has 8 heteroatoms. The lowest BCUT2D eigenvalue weighted by atomic mass is 10.1. The molecule has 0 saturated carbocycles. The normalized spacial score (nSPS) is 11.4. The molecule has 0 aliphatic heterocycles. The molecule has 0 fully saturated rings. The lowest BCUT2D eigenvalue weighted by Crippen LogP contribution is -2.31. The summed E-state index contributed by atoms with van der Waals surface area (Å²) in [5.41, 5.74) is 3.29. The molecule has 0 spiro atoms. The van der Waals surface area contributed by atoms with Crippen LogP contribution in [0.3, 0.4) is 0 Å². The number of sulfonamides is 1. The Balaban J connectivity index is 2.27. The van der Waals surface area contributed by atoms with Gasteiger partial charge in [0, 0.05) is 24.5 Å². The first-order chi connectivity index (χ1) is 13.2. The molecule has 2 aromatic carbocycles. The number of thiocarbonyl (C=S) groups is 1. The van der Waals surface area contributed by atoms with Gasteiger partial charge < -0.3 is 15.4 Å². The van der Waals surface area contributed by atoms with Gasteiger partial charge in [0.15, 0.2) is 5.11 Å². The third kappa shape index (κ3) is 5.01. The molecule has 2 aromatic rings. The maximum absolute atomic E-state index is 12.9. The molecule has 0 aliphatic carbocycles. The van der Waals surface area contributed by atoms with E-state index < -0.39 is 10.0 Å². The van der Waals surface area contributed by atoms with Crippen LogP contribution in [-0.2, 0) is 10.0 Å². The Labute approximate surface area is 173 Å². The van der Waals surface area contributed by atoms with Gasteiger partial charge >= 0.3 is 0 Å². The zero-order valence-electron chi connectivity index (χ0n) is 16.9. The molecule has 0 radical (unpaired) electrons. The molecule has 0 aliphatic rings. The van der Waals surface area contributed by atoms with Crippen molar-refractivity contribution in [3.63, 3.8) is 0 Å². The lowest BCUT2D eigenvalue weighted by molar-refractivity contribution is 0.415. The van der Waals surface area contributed by atoms with Crippen molar-refractivity contribution in [1.82, 2.24) is 4.31 Å². The second kappa shape index (κ2) is 9.36. The first-order valence-corrected chi connectivity index (χ1v) is 10.9. The monoisotopic (exact) mass is 421 g/mol. The molecule has 0 saturated heterocycles. The third-order valence-corrected chi connectivity index (χ3v) is 6.81. The van der Waals surface area contributed by atoms with Crippen LogP contribution in [0.1, 0.15) is 25.0 Å². The van der Waals surface area contributed by atoms with Crippen molar-refractivity contribution < 1.29 is 13.2 Å². The largest absolute Gasteiger partial charge is 0.497 e. The molecular formula is C20H27N3O3S2. The van der Waals surface area contributed by atoms with E-state index in [0.29, 0.717) is 23.9 Å². The Morgan fingerprint density at radius 1 is 1.07 bits per heavy atom. The van der Waals surface area contributed by atoms with Crippen molar-refractivity contribution in [3.05, 3.63) is 47.5 Å². The fourth-order valence-corrected chi connectivity index (χ4v) is 4.57. The summed E-state index contributed by atoms with van der Waals surface area (Å²) in [5, 5.41) is 6.60. The Kier molecular flexibility index (Phi) is 7.40. The zero-order valence-corrected chi connectivity index (χ0v) is 18.5. The second-order valence-electron chi connectivity index (χ2n) is 6.31. The fourth-order valence-electron chi connectivity index (χ4n) is 2.78. The van der Waals surface area contributed by atoms with Gasteiger partial charge in [-0.1, -0.05) is 13.8 Å². The van der Waals surface area contributed by atoms with Crippen molar-refractivity contribution >= 4 is 38.7 Å². The summed E-state index contributed by atoms with van der Waals surface area (Å²) >= 11 is 5.40. The average Bonchev–Trinajstić information content (AvgIpc) is 2.66. The van der Waals surface area contributed by atoms with Gasteiger partial charge in [-0.2, -0.15) is 4.31 Å². The number of aryl methyl sites for hydroxylation is 1. The summed E-state index contributed by atoms with van der Waals surface area (Å²) in [7, 11) is -1.94. The van der Waals surface area contributed by atoms with Gasteiger partial charge in [-0.15, -0.1) is 0 Å². The highest BCUT2D eigenvalue weighted by Gasteiger charge is 2.23. The van der Waals surface area contributed by atoms with Crippen molar-refractivity contribution in [2.24, 2.45) is 0 Å². The topological polar surface area (TPSA) is 70.7 Å². The van der Waals surface area contributed by atoms with Crippen LogP contribution in [-0.4, -0.2) is 38.0 Å². The van der Waals surface area contributed by atoms with Crippen LogP contribution in [0.5, 0.6) is 5.75 Å². The standard InChI is InChI=1S/C20H27N3O3S2/c1-6-23(7-2)28(24,25)18-12-14(3)15(4)19(13-18)22-20(27)21-16-8-10-17(26-5)11-9-16/h8-13H,6-7H2,1-5H3,(H2,21,22,27).